The van der Waals surface area contributed by atoms with E-state index >= 15 is 0 Å². The van der Waals surface area contributed by atoms with Crippen LogP contribution in [-0.4, -0.2) is 47.3 Å². The molecular formula is C17H21ClN2O2. The van der Waals surface area contributed by atoms with Crippen LogP contribution in [-0.2, 0) is 4.79 Å². The van der Waals surface area contributed by atoms with Crippen molar-refractivity contribution in [1.29, 1.82) is 0 Å². The van der Waals surface area contributed by atoms with Crippen molar-refractivity contribution in [2.45, 2.75) is 32.2 Å². The molecular weight excluding hydrogens is 300 g/mol. The average Bonchev–Trinajstić information content (AvgIpc) is 2.80. The third kappa shape index (κ3) is 2.84. The first-order chi connectivity index (χ1) is 10.6. The van der Waals surface area contributed by atoms with E-state index in [-0.39, 0.29) is 23.8 Å². The van der Waals surface area contributed by atoms with Crippen LogP contribution in [0.2, 0.25) is 5.02 Å². The van der Waals surface area contributed by atoms with Gasteiger partial charge in [-0.15, -0.1) is 0 Å². The fourth-order valence-electron chi connectivity index (χ4n) is 3.52. The molecule has 0 N–H and O–H groups in total. The van der Waals surface area contributed by atoms with Gasteiger partial charge in [-0.3, -0.25) is 9.59 Å². The smallest absolute Gasteiger partial charge is 0.253 e. The summed E-state index contributed by atoms with van der Waals surface area (Å²) in [5.41, 5.74) is 0.639. The summed E-state index contributed by atoms with van der Waals surface area (Å²) in [7, 11) is 0. The van der Waals surface area contributed by atoms with Crippen LogP contribution < -0.4 is 0 Å². The predicted molar refractivity (Wildman–Crippen MR) is 85.9 cm³/mol. The molecule has 4 rings (SSSR count). The second-order valence-corrected chi connectivity index (χ2v) is 6.61. The minimum absolute atomic E-state index is 0.000264. The maximum absolute atomic E-state index is 12.7. The van der Waals surface area contributed by atoms with Crippen LogP contribution in [0.4, 0.5) is 0 Å². The molecule has 22 heavy (non-hydrogen) atoms. The van der Waals surface area contributed by atoms with Gasteiger partial charge >= 0.3 is 0 Å². The standard InChI is InChI=1S/C17H21ClN2O2/c1-2-9-20-15-8-5-13(17(20)22)10-19(11-15)16(21)12-3-6-14(18)7-4-12/h3-4,6-7,13,15H,2,5,8-11H2,1H3/t13-,15+/m1/s1. The van der Waals surface area contributed by atoms with Gasteiger partial charge in [-0.05, 0) is 43.5 Å². The van der Waals surface area contributed by atoms with Crippen molar-refractivity contribution in [2.75, 3.05) is 19.6 Å². The van der Waals surface area contributed by atoms with Gasteiger partial charge in [-0.25, -0.2) is 0 Å². The fourth-order valence-corrected chi connectivity index (χ4v) is 3.64. The van der Waals surface area contributed by atoms with Crippen molar-refractivity contribution in [3.05, 3.63) is 34.9 Å². The Balaban J connectivity index is 1.80. The maximum Gasteiger partial charge on any atom is 0.253 e. The highest BCUT2D eigenvalue weighted by Crippen LogP contribution is 2.30. The van der Waals surface area contributed by atoms with Crippen LogP contribution in [0.1, 0.15) is 36.5 Å². The summed E-state index contributed by atoms with van der Waals surface area (Å²) in [5, 5.41) is 0.622. The van der Waals surface area contributed by atoms with Crippen molar-refractivity contribution >= 4 is 23.4 Å². The Bertz CT molecular complexity index is 573. The Hall–Kier alpha value is -1.55. The van der Waals surface area contributed by atoms with Gasteiger partial charge in [0, 0.05) is 36.3 Å². The van der Waals surface area contributed by atoms with Gasteiger partial charge in [-0.2, -0.15) is 0 Å². The molecule has 0 spiro atoms. The SMILES string of the molecule is CCCN1C(=O)[C@@H]2CC[C@H]1CN(C(=O)c1ccc(Cl)cc1)C2. The number of hydrogen-bond acceptors (Lipinski definition) is 2. The first-order valence-corrected chi connectivity index (χ1v) is 8.33. The Morgan fingerprint density at radius 3 is 2.64 bits per heavy atom. The zero-order valence-corrected chi connectivity index (χ0v) is 13.6. The van der Waals surface area contributed by atoms with E-state index < -0.39 is 0 Å². The largest absolute Gasteiger partial charge is 0.338 e. The average molecular weight is 321 g/mol. The summed E-state index contributed by atoms with van der Waals surface area (Å²) in [6.07, 6.45) is 2.86. The van der Waals surface area contributed by atoms with E-state index in [9.17, 15) is 9.59 Å². The summed E-state index contributed by atoms with van der Waals surface area (Å²) in [5.74, 6) is 0.186. The molecule has 4 nitrogen and oxygen atoms in total. The quantitative estimate of drug-likeness (QED) is 0.859. The molecule has 3 aliphatic rings. The minimum atomic E-state index is -0.0402. The van der Waals surface area contributed by atoms with Gasteiger partial charge in [0.25, 0.3) is 5.91 Å². The van der Waals surface area contributed by atoms with Gasteiger partial charge in [0.1, 0.15) is 0 Å². The molecule has 2 amide bonds. The van der Waals surface area contributed by atoms with E-state index in [4.69, 9.17) is 11.6 Å². The van der Waals surface area contributed by atoms with E-state index in [2.05, 4.69) is 6.92 Å². The Kier molecular flexibility index (Phi) is 4.39. The van der Waals surface area contributed by atoms with Gasteiger partial charge in [0.05, 0.1) is 5.92 Å². The number of amides is 2. The zero-order valence-electron chi connectivity index (χ0n) is 12.8. The van der Waals surface area contributed by atoms with Gasteiger partial charge in [0.15, 0.2) is 0 Å². The number of nitrogens with zero attached hydrogens (tertiary/aromatic N) is 2. The number of benzene rings is 1. The monoisotopic (exact) mass is 320 g/mol. The molecule has 1 aromatic rings. The normalized spacial score (nSPS) is 24.5. The predicted octanol–water partition coefficient (Wildman–Crippen LogP) is 2.81. The Morgan fingerprint density at radius 2 is 1.95 bits per heavy atom. The summed E-state index contributed by atoms with van der Waals surface area (Å²) >= 11 is 5.88. The van der Waals surface area contributed by atoms with Crippen molar-refractivity contribution < 1.29 is 9.59 Å². The van der Waals surface area contributed by atoms with Crippen molar-refractivity contribution in [1.82, 2.24) is 9.80 Å². The van der Waals surface area contributed by atoms with Crippen LogP contribution >= 0.6 is 11.6 Å². The number of halogens is 1. The van der Waals surface area contributed by atoms with Gasteiger partial charge in [0.2, 0.25) is 5.91 Å². The number of piperidine rings is 1. The second-order valence-electron chi connectivity index (χ2n) is 6.18. The van der Waals surface area contributed by atoms with E-state index in [1.807, 2.05) is 9.80 Å². The first kappa shape index (κ1) is 15.3. The maximum atomic E-state index is 12.7. The molecule has 3 saturated heterocycles. The topological polar surface area (TPSA) is 40.6 Å². The third-order valence-corrected chi connectivity index (χ3v) is 4.89. The zero-order chi connectivity index (χ0) is 15.7. The number of carbonyl (C=O) groups is 2. The van der Waals surface area contributed by atoms with E-state index in [1.54, 1.807) is 24.3 Å². The summed E-state index contributed by atoms with van der Waals surface area (Å²) in [6, 6.07) is 7.14. The molecule has 3 aliphatic heterocycles. The molecule has 2 atom stereocenters. The Morgan fingerprint density at radius 1 is 1.23 bits per heavy atom. The highest BCUT2D eigenvalue weighted by Gasteiger charge is 2.41. The number of fused-ring (bicyclic) bond motifs is 4. The van der Waals surface area contributed by atoms with Crippen LogP contribution in [0.25, 0.3) is 0 Å². The van der Waals surface area contributed by atoms with Crippen LogP contribution in [0, 0.1) is 5.92 Å². The summed E-state index contributed by atoms with van der Waals surface area (Å²) in [6.45, 7) is 4.06. The highest BCUT2D eigenvalue weighted by atomic mass is 35.5. The van der Waals surface area contributed by atoms with Crippen molar-refractivity contribution in [3.63, 3.8) is 0 Å². The molecule has 118 valence electrons. The lowest BCUT2D eigenvalue weighted by Crippen LogP contribution is -2.48. The lowest BCUT2D eigenvalue weighted by molar-refractivity contribution is -0.139. The van der Waals surface area contributed by atoms with Crippen molar-refractivity contribution in [2.24, 2.45) is 5.92 Å². The number of carbonyl (C=O) groups excluding carboxylic acids is 2. The van der Waals surface area contributed by atoms with Gasteiger partial charge < -0.3 is 9.80 Å². The van der Waals surface area contributed by atoms with E-state index in [0.717, 1.165) is 25.8 Å². The second kappa shape index (κ2) is 6.29. The Labute approximate surface area is 136 Å². The first-order valence-electron chi connectivity index (χ1n) is 7.95. The lowest BCUT2D eigenvalue weighted by Gasteiger charge is -2.35. The molecule has 0 aromatic heterocycles. The van der Waals surface area contributed by atoms with Gasteiger partial charge in [-0.1, -0.05) is 18.5 Å². The molecule has 0 saturated carbocycles. The fraction of sp³-hybridized carbons (Fsp3) is 0.529. The van der Waals surface area contributed by atoms with Crippen molar-refractivity contribution in [3.8, 4) is 0 Å². The van der Waals surface area contributed by atoms with E-state index in [1.165, 1.54) is 0 Å². The van der Waals surface area contributed by atoms with E-state index in [0.29, 0.717) is 23.7 Å². The van der Waals surface area contributed by atoms with Crippen LogP contribution in [0.15, 0.2) is 24.3 Å². The molecule has 2 bridgehead atoms. The molecule has 0 radical (unpaired) electrons. The van der Waals surface area contributed by atoms with Crippen LogP contribution in [0.3, 0.4) is 0 Å². The third-order valence-electron chi connectivity index (χ3n) is 4.64. The molecule has 3 heterocycles. The minimum Gasteiger partial charge on any atom is -0.338 e. The molecule has 5 heteroatoms. The summed E-state index contributed by atoms with van der Waals surface area (Å²) in [4.78, 5) is 29.1. The highest BCUT2D eigenvalue weighted by molar-refractivity contribution is 6.30. The lowest BCUT2D eigenvalue weighted by atomic mass is 9.94. The number of rotatable bonds is 3. The molecule has 0 aliphatic carbocycles. The summed E-state index contributed by atoms with van der Waals surface area (Å²) < 4.78 is 0. The molecule has 1 aromatic carbocycles. The van der Waals surface area contributed by atoms with Crippen LogP contribution in [0.5, 0.6) is 0 Å². The molecule has 3 fully saturated rings. The number of hydrogen-bond donors (Lipinski definition) is 0. The molecule has 0 unspecified atom stereocenters.